The van der Waals surface area contributed by atoms with Crippen LogP contribution in [0.4, 0.5) is 0 Å². The lowest BCUT2D eigenvalue weighted by molar-refractivity contribution is -0.0866. The quantitative estimate of drug-likeness (QED) is 0.773. The third kappa shape index (κ3) is 2.51. The number of rotatable bonds is 2. The predicted octanol–water partition coefficient (Wildman–Crippen LogP) is 3.62. The van der Waals surface area contributed by atoms with E-state index in [0.29, 0.717) is 5.69 Å². The van der Waals surface area contributed by atoms with Gasteiger partial charge in [0.2, 0.25) is 0 Å². The largest absolute Gasteiger partial charge is 0.375 e. The van der Waals surface area contributed by atoms with Crippen LogP contribution < -0.4 is 0 Å². The zero-order chi connectivity index (χ0) is 14.2. The average Bonchev–Trinajstić information content (AvgIpc) is 2.86. The maximum Gasteiger partial charge on any atom is 0.184 e. The second-order valence-corrected chi connectivity index (χ2v) is 6.47. The normalized spacial score (nSPS) is 25.0. The van der Waals surface area contributed by atoms with Crippen LogP contribution in [0, 0.1) is 19.8 Å². The molecule has 0 amide bonds. The highest BCUT2D eigenvalue weighted by Gasteiger charge is 2.42. The minimum atomic E-state index is -0.00280. The molecule has 1 aromatic rings. The molecule has 2 fully saturated rings. The number of ketones is 1. The third-order valence-electron chi connectivity index (χ3n) is 4.83. The molecule has 0 radical (unpaired) electrons. The van der Waals surface area contributed by atoms with Gasteiger partial charge in [-0.2, -0.15) is 0 Å². The Labute approximate surface area is 120 Å². The first kappa shape index (κ1) is 13.7. The van der Waals surface area contributed by atoms with E-state index in [4.69, 9.17) is 4.74 Å². The summed E-state index contributed by atoms with van der Waals surface area (Å²) in [7, 11) is 0. The van der Waals surface area contributed by atoms with Crippen LogP contribution in [0.3, 0.4) is 0 Å². The zero-order valence-electron chi connectivity index (χ0n) is 12.4. The van der Waals surface area contributed by atoms with E-state index in [1.807, 2.05) is 19.9 Å². The van der Waals surface area contributed by atoms with Crippen molar-refractivity contribution in [3.8, 4) is 0 Å². The van der Waals surface area contributed by atoms with Crippen molar-refractivity contribution in [2.45, 2.75) is 58.0 Å². The number of aryl methyl sites for hydroxylation is 2. The molecule has 0 bridgehead atoms. The fourth-order valence-electron chi connectivity index (χ4n) is 3.79. The number of Topliss-reactive ketones (excluding diaryl/α,β-unsaturated/α-hetero) is 1. The van der Waals surface area contributed by atoms with Gasteiger partial charge >= 0.3 is 0 Å². The molecule has 0 aromatic carbocycles. The number of hydrogen-bond donors (Lipinski definition) is 0. The SMILES string of the molecule is Cc1cnc(C(=O)C2CCOC3(CCCC3)C2)c(C)c1. The number of carbonyl (C=O) groups is 1. The van der Waals surface area contributed by atoms with Gasteiger partial charge in [0, 0.05) is 18.7 Å². The van der Waals surface area contributed by atoms with E-state index in [9.17, 15) is 4.79 Å². The van der Waals surface area contributed by atoms with Crippen LogP contribution >= 0.6 is 0 Å². The molecule has 2 aliphatic rings. The zero-order valence-corrected chi connectivity index (χ0v) is 12.4. The van der Waals surface area contributed by atoms with E-state index in [1.54, 1.807) is 6.20 Å². The molecule has 1 aliphatic carbocycles. The topological polar surface area (TPSA) is 39.2 Å². The number of nitrogens with zero attached hydrogens (tertiary/aromatic N) is 1. The molecule has 1 atom stereocenters. The lowest BCUT2D eigenvalue weighted by Crippen LogP contribution is -2.40. The number of hydrogen-bond acceptors (Lipinski definition) is 3. The predicted molar refractivity (Wildman–Crippen MR) is 77.9 cm³/mol. The second kappa shape index (κ2) is 5.28. The summed E-state index contributed by atoms with van der Waals surface area (Å²) in [4.78, 5) is 17.1. The highest BCUT2D eigenvalue weighted by atomic mass is 16.5. The molecule has 1 aromatic heterocycles. The van der Waals surface area contributed by atoms with Gasteiger partial charge in [-0.05, 0) is 50.7 Å². The molecule has 1 aliphatic heterocycles. The van der Waals surface area contributed by atoms with Crippen LogP contribution in [0.15, 0.2) is 12.3 Å². The molecule has 3 heteroatoms. The fraction of sp³-hybridized carbons (Fsp3) is 0.647. The van der Waals surface area contributed by atoms with E-state index < -0.39 is 0 Å². The molecule has 1 saturated carbocycles. The van der Waals surface area contributed by atoms with Gasteiger partial charge in [-0.3, -0.25) is 9.78 Å². The summed E-state index contributed by atoms with van der Waals surface area (Å²) >= 11 is 0. The van der Waals surface area contributed by atoms with Gasteiger partial charge in [-0.1, -0.05) is 18.9 Å². The molecule has 20 heavy (non-hydrogen) atoms. The lowest BCUT2D eigenvalue weighted by atomic mass is 9.81. The monoisotopic (exact) mass is 273 g/mol. The first-order chi connectivity index (χ1) is 9.60. The third-order valence-corrected chi connectivity index (χ3v) is 4.83. The maximum atomic E-state index is 12.8. The molecule has 1 spiro atoms. The molecule has 3 rings (SSSR count). The summed E-state index contributed by atoms with van der Waals surface area (Å²) in [5.41, 5.74) is 2.77. The van der Waals surface area contributed by atoms with E-state index in [2.05, 4.69) is 4.98 Å². The molecule has 0 N–H and O–H groups in total. The Hall–Kier alpha value is -1.22. The molecule has 2 heterocycles. The van der Waals surface area contributed by atoms with Gasteiger partial charge in [0.25, 0.3) is 0 Å². The Kier molecular flexibility index (Phi) is 3.63. The molecular formula is C17H23NO2. The van der Waals surface area contributed by atoms with Crippen molar-refractivity contribution in [3.05, 3.63) is 29.1 Å². The Morgan fingerprint density at radius 1 is 1.35 bits per heavy atom. The van der Waals surface area contributed by atoms with Gasteiger partial charge in [-0.15, -0.1) is 0 Å². The standard InChI is InChI=1S/C17H23NO2/c1-12-9-13(2)15(18-11-12)16(19)14-5-8-20-17(10-14)6-3-4-7-17/h9,11,14H,3-8,10H2,1-2H3. The van der Waals surface area contributed by atoms with Gasteiger partial charge in [-0.25, -0.2) is 0 Å². The van der Waals surface area contributed by atoms with Crippen LogP contribution in [0.25, 0.3) is 0 Å². The minimum absolute atomic E-state index is 0.00280. The number of pyridine rings is 1. The van der Waals surface area contributed by atoms with Gasteiger partial charge in [0.05, 0.1) is 5.60 Å². The van der Waals surface area contributed by atoms with Crippen molar-refractivity contribution in [3.63, 3.8) is 0 Å². The molecular weight excluding hydrogens is 250 g/mol. The highest BCUT2D eigenvalue weighted by Crippen LogP contribution is 2.42. The second-order valence-electron chi connectivity index (χ2n) is 6.47. The number of carbonyl (C=O) groups excluding carboxylic acids is 1. The van der Waals surface area contributed by atoms with E-state index >= 15 is 0 Å². The van der Waals surface area contributed by atoms with Gasteiger partial charge in [0.1, 0.15) is 5.69 Å². The van der Waals surface area contributed by atoms with Crippen LogP contribution in [0.5, 0.6) is 0 Å². The first-order valence-electron chi connectivity index (χ1n) is 7.71. The smallest absolute Gasteiger partial charge is 0.184 e. The Morgan fingerprint density at radius 2 is 2.10 bits per heavy atom. The number of aromatic nitrogens is 1. The summed E-state index contributed by atoms with van der Waals surface area (Å²) in [5.74, 6) is 0.313. The molecule has 3 nitrogen and oxygen atoms in total. The van der Waals surface area contributed by atoms with Crippen molar-refractivity contribution in [2.24, 2.45) is 5.92 Å². The van der Waals surface area contributed by atoms with Gasteiger partial charge < -0.3 is 4.74 Å². The van der Waals surface area contributed by atoms with Crippen molar-refractivity contribution in [1.82, 2.24) is 4.98 Å². The molecule has 1 saturated heterocycles. The summed E-state index contributed by atoms with van der Waals surface area (Å²) in [6, 6.07) is 2.05. The summed E-state index contributed by atoms with van der Waals surface area (Å²) in [5, 5.41) is 0. The summed E-state index contributed by atoms with van der Waals surface area (Å²) in [6.07, 6.45) is 8.25. The number of ether oxygens (including phenoxy) is 1. The van der Waals surface area contributed by atoms with Gasteiger partial charge in [0.15, 0.2) is 5.78 Å². The molecule has 1 unspecified atom stereocenters. The van der Waals surface area contributed by atoms with E-state index in [1.165, 1.54) is 12.8 Å². The molecule has 108 valence electrons. The Bertz CT molecular complexity index is 518. The van der Waals surface area contributed by atoms with Crippen LogP contribution in [0.1, 0.15) is 60.1 Å². The van der Waals surface area contributed by atoms with Crippen molar-refractivity contribution in [1.29, 1.82) is 0 Å². The maximum absolute atomic E-state index is 12.8. The Morgan fingerprint density at radius 3 is 2.80 bits per heavy atom. The van der Waals surface area contributed by atoms with E-state index in [0.717, 1.165) is 43.4 Å². The van der Waals surface area contributed by atoms with Crippen molar-refractivity contribution >= 4 is 5.78 Å². The first-order valence-corrected chi connectivity index (χ1v) is 7.71. The lowest BCUT2D eigenvalue weighted by Gasteiger charge is -2.37. The minimum Gasteiger partial charge on any atom is -0.375 e. The van der Waals surface area contributed by atoms with Crippen LogP contribution in [0.2, 0.25) is 0 Å². The highest BCUT2D eigenvalue weighted by molar-refractivity contribution is 5.97. The van der Waals surface area contributed by atoms with Crippen molar-refractivity contribution < 1.29 is 9.53 Å². The van der Waals surface area contributed by atoms with Crippen molar-refractivity contribution in [2.75, 3.05) is 6.61 Å². The summed E-state index contributed by atoms with van der Waals surface area (Å²) < 4.78 is 6.02. The Balaban J connectivity index is 1.79. The van der Waals surface area contributed by atoms with E-state index in [-0.39, 0.29) is 17.3 Å². The fourth-order valence-corrected chi connectivity index (χ4v) is 3.79. The average molecular weight is 273 g/mol. The summed E-state index contributed by atoms with van der Waals surface area (Å²) in [6.45, 7) is 4.72. The van der Waals surface area contributed by atoms with Crippen LogP contribution in [-0.4, -0.2) is 23.0 Å². The van der Waals surface area contributed by atoms with Crippen LogP contribution in [-0.2, 0) is 4.74 Å².